The molecule has 218 valence electrons. The van der Waals surface area contributed by atoms with Crippen LogP contribution in [0.25, 0.3) is 11.2 Å². The summed E-state index contributed by atoms with van der Waals surface area (Å²) in [5, 5.41) is -0.241. The standard InChI is InChI=1S/C29H26ClF2N5O4S/c1-2-3-14-36-27-26(28(38)37(29(36)39)17-19-6-4-5-7-23(19)32)33-25(34-27)15-18-8-11-21(12-9-18)35-42(40,41)24-13-10-20(31)16-22(24)30/h4-13,16,35H,2-3,14-15,17H2,1H3,(H,33,34). The first-order valence-electron chi connectivity index (χ1n) is 13.1. The molecule has 9 nitrogen and oxygen atoms in total. The van der Waals surface area contributed by atoms with Gasteiger partial charge in [0.15, 0.2) is 5.65 Å². The van der Waals surface area contributed by atoms with Crippen LogP contribution >= 0.6 is 11.6 Å². The normalized spacial score (nSPS) is 11.7. The minimum absolute atomic E-state index is 0.137. The number of aromatic amines is 1. The summed E-state index contributed by atoms with van der Waals surface area (Å²) in [6, 6.07) is 15.4. The van der Waals surface area contributed by atoms with Crippen molar-refractivity contribution >= 4 is 38.5 Å². The molecule has 2 N–H and O–H groups in total. The van der Waals surface area contributed by atoms with Crippen LogP contribution in [-0.4, -0.2) is 27.5 Å². The highest BCUT2D eigenvalue weighted by atomic mass is 35.5. The first kappa shape index (κ1) is 29.2. The van der Waals surface area contributed by atoms with Crippen LogP contribution in [-0.2, 0) is 29.5 Å². The highest BCUT2D eigenvalue weighted by Gasteiger charge is 2.20. The number of anilines is 1. The second kappa shape index (κ2) is 11.9. The number of aromatic nitrogens is 4. The van der Waals surface area contributed by atoms with Crippen molar-refractivity contribution in [2.75, 3.05) is 4.72 Å². The molecule has 0 unspecified atom stereocenters. The number of sulfonamides is 1. The summed E-state index contributed by atoms with van der Waals surface area (Å²) in [5.41, 5.74) is 0.403. The number of hydrogen-bond acceptors (Lipinski definition) is 5. The third-order valence-corrected chi connectivity index (χ3v) is 8.56. The minimum Gasteiger partial charge on any atom is -0.336 e. The summed E-state index contributed by atoms with van der Waals surface area (Å²) < 4.78 is 58.0. The van der Waals surface area contributed by atoms with Crippen molar-refractivity contribution in [2.45, 2.75) is 44.2 Å². The molecule has 0 saturated carbocycles. The van der Waals surface area contributed by atoms with E-state index in [1.807, 2.05) is 6.92 Å². The molecule has 5 aromatic rings. The summed E-state index contributed by atoms with van der Waals surface area (Å²) in [5.74, 6) is -0.747. The van der Waals surface area contributed by atoms with Crippen LogP contribution in [0.1, 0.15) is 36.7 Å². The van der Waals surface area contributed by atoms with E-state index in [1.54, 1.807) is 30.3 Å². The monoisotopic (exact) mass is 613 g/mol. The summed E-state index contributed by atoms with van der Waals surface area (Å²) >= 11 is 5.91. The Balaban J connectivity index is 1.43. The lowest BCUT2D eigenvalue weighted by Gasteiger charge is -2.11. The highest BCUT2D eigenvalue weighted by Crippen LogP contribution is 2.25. The zero-order valence-corrected chi connectivity index (χ0v) is 24.0. The lowest BCUT2D eigenvalue weighted by atomic mass is 10.1. The van der Waals surface area contributed by atoms with Gasteiger partial charge in [-0.1, -0.05) is 55.3 Å². The molecule has 5 rings (SSSR count). The highest BCUT2D eigenvalue weighted by molar-refractivity contribution is 7.92. The van der Waals surface area contributed by atoms with E-state index in [1.165, 1.54) is 22.8 Å². The fourth-order valence-electron chi connectivity index (χ4n) is 4.54. The molecule has 0 aliphatic heterocycles. The Morgan fingerprint density at radius 2 is 1.74 bits per heavy atom. The van der Waals surface area contributed by atoms with Crippen LogP contribution in [0.4, 0.5) is 14.5 Å². The van der Waals surface area contributed by atoms with Gasteiger partial charge in [-0.3, -0.25) is 18.7 Å². The number of benzene rings is 3. The number of H-pyrrole nitrogens is 1. The van der Waals surface area contributed by atoms with Crippen molar-refractivity contribution in [2.24, 2.45) is 0 Å². The maximum atomic E-state index is 14.3. The van der Waals surface area contributed by atoms with Crippen LogP contribution < -0.4 is 16.0 Å². The molecule has 3 aromatic carbocycles. The van der Waals surface area contributed by atoms with Crippen molar-refractivity contribution in [3.8, 4) is 0 Å². The molecule has 0 spiro atoms. The predicted molar refractivity (Wildman–Crippen MR) is 156 cm³/mol. The smallest absolute Gasteiger partial charge is 0.333 e. The van der Waals surface area contributed by atoms with E-state index in [-0.39, 0.29) is 45.3 Å². The zero-order chi connectivity index (χ0) is 30.0. The van der Waals surface area contributed by atoms with Crippen LogP contribution in [0, 0.1) is 11.6 Å². The average Bonchev–Trinajstić information content (AvgIpc) is 3.36. The van der Waals surface area contributed by atoms with Crippen LogP contribution in [0.15, 0.2) is 81.2 Å². The molecule has 0 bridgehead atoms. The van der Waals surface area contributed by atoms with Gasteiger partial charge in [0.05, 0.1) is 11.6 Å². The SMILES string of the molecule is CCCCn1c(=O)n(Cc2ccccc2F)c(=O)c2[nH]c(Cc3ccc(NS(=O)(=O)c4ccc(F)cc4Cl)cc3)nc21. The number of nitrogens with zero attached hydrogens (tertiary/aromatic N) is 3. The van der Waals surface area contributed by atoms with Gasteiger partial charge < -0.3 is 4.98 Å². The van der Waals surface area contributed by atoms with Gasteiger partial charge in [-0.15, -0.1) is 0 Å². The Morgan fingerprint density at radius 3 is 2.43 bits per heavy atom. The molecule has 0 amide bonds. The number of aryl methyl sites for hydroxylation is 1. The number of nitrogens with one attached hydrogen (secondary N) is 2. The molecule has 0 saturated heterocycles. The lowest BCUT2D eigenvalue weighted by Crippen LogP contribution is -2.40. The molecule has 0 radical (unpaired) electrons. The fourth-order valence-corrected chi connectivity index (χ4v) is 6.13. The molecule has 13 heteroatoms. The Kier molecular flexibility index (Phi) is 8.28. The molecular weight excluding hydrogens is 588 g/mol. The topological polar surface area (TPSA) is 119 Å². The predicted octanol–water partition coefficient (Wildman–Crippen LogP) is 5.06. The van der Waals surface area contributed by atoms with Crippen LogP contribution in [0.2, 0.25) is 5.02 Å². The number of imidazole rings is 1. The summed E-state index contributed by atoms with van der Waals surface area (Å²) in [6.07, 6.45) is 1.73. The van der Waals surface area contributed by atoms with Crippen LogP contribution in [0.5, 0.6) is 0 Å². The van der Waals surface area contributed by atoms with E-state index in [0.29, 0.717) is 18.8 Å². The van der Waals surface area contributed by atoms with Crippen molar-refractivity contribution in [3.05, 3.63) is 121 Å². The minimum atomic E-state index is -4.06. The first-order valence-corrected chi connectivity index (χ1v) is 15.0. The van der Waals surface area contributed by atoms with Gasteiger partial charge in [0, 0.05) is 24.2 Å². The van der Waals surface area contributed by atoms with Crippen molar-refractivity contribution in [1.82, 2.24) is 19.1 Å². The number of hydrogen-bond donors (Lipinski definition) is 2. The number of unbranched alkanes of at least 4 members (excludes halogenated alkanes) is 1. The van der Waals surface area contributed by atoms with Crippen molar-refractivity contribution in [3.63, 3.8) is 0 Å². The lowest BCUT2D eigenvalue weighted by molar-refractivity contribution is 0.553. The van der Waals surface area contributed by atoms with Crippen molar-refractivity contribution in [1.29, 1.82) is 0 Å². The molecular formula is C29H26ClF2N5O4S. The van der Waals surface area contributed by atoms with Gasteiger partial charge in [0.2, 0.25) is 0 Å². The molecule has 0 atom stereocenters. The second-order valence-electron chi connectivity index (χ2n) is 9.71. The van der Waals surface area contributed by atoms with E-state index in [2.05, 4.69) is 14.7 Å². The van der Waals surface area contributed by atoms with Gasteiger partial charge in [-0.25, -0.2) is 27.0 Å². The molecule has 2 aromatic heterocycles. The van der Waals surface area contributed by atoms with Gasteiger partial charge in [-0.2, -0.15) is 0 Å². The molecule has 0 aliphatic rings. The zero-order valence-electron chi connectivity index (χ0n) is 22.4. The molecule has 0 aliphatic carbocycles. The Hall–Kier alpha value is -4.29. The molecule has 2 heterocycles. The van der Waals surface area contributed by atoms with Crippen molar-refractivity contribution < 1.29 is 17.2 Å². The Morgan fingerprint density at radius 1 is 1.00 bits per heavy atom. The number of fused-ring (bicyclic) bond motifs is 1. The first-order chi connectivity index (χ1) is 20.1. The quantitative estimate of drug-likeness (QED) is 0.228. The van der Waals surface area contributed by atoms with Gasteiger partial charge in [0.25, 0.3) is 15.6 Å². The number of halogens is 3. The van der Waals surface area contributed by atoms with E-state index >= 15 is 0 Å². The maximum absolute atomic E-state index is 14.3. The summed E-state index contributed by atoms with van der Waals surface area (Å²) in [7, 11) is -4.06. The van der Waals surface area contributed by atoms with Gasteiger partial charge in [0.1, 0.15) is 27.9 Å². The Labute approximate surface area is 244 Å². The Bertz CT molecular complexity index is 2000. The number of rotatable bonds is 10. The van der Waals surface area contributed by atoms with Gasteiger partial charge in [-0.05, 0) is 48.4 Å². The largest absolute Gasteiger partial charge is 0.336 e. The maximum Gasteiger partial charge on any atom is 0.333 e. The van der Waals surface area contributed by atoms with Gasteiger partial charge >= 0.3 is 5.69 Å². The fraction of sp³-hybridized carbons (Fsp3) is 0.207. The molecule has 0 fully saturated rings. The van der Waals surface area contributed by atoms with E-state index < -0.39 is 32.9 Å². The summed E-state index contributed by atoms with van der Waals surface area (Å²) in [6.45, 7) is 2.09. The summed E-state index contributed by atoms with van der Waals surface area (Å²) in [4.78, 5) is 34.0. The average molecular weight is 614 g/mol. The molecule has 42 heavy (non-hydrogen) atoms. The van der Waals surface area contributed by atoms with Crippen LogP contribution in [0.3, 0.4) is 0 Å². The van der Waals surface area contributed by atoms with E-state index in [9.17, 15) is 26.8 Å². The van der Waals surface area contributed by atoms with E-state index in [4.69, 9.17) is 11.6 Å². The van der Waals surface area contributed by atoms with E-state index in [0.717, 1.165) is 34.8 Å². The third kappa shape index (κ3) is 6.00. The third-order valence-electron chi connectivity index (χ3n) is 6.69. The second-order valence-corrected chi connectivity index (χ2v) is 11.8.